The van der Waals surface area contributed by atoms with E-state index < -0.39 is 0 Å². The summed E-state index contributed by atoms with van der Waals surface area (Å²) in [6.07, 6.45) is 1.89. The van der Waals surface area contributed by atoms with Gasteiger partial charge in [-0.3, -0.25) is 4.79 Å². The molecule has 1 aromatic carbocycles. The molecule has 1 aliphatic heterocycles. The van der Waals surface area contributed by atoms with Gasteiger partial charge < -0.3 is 15.3 Å². The molecule has 1 atom stereocenters. The highest BCUT2D eigenvalue weighted by Crippen LogP contribution is 2.17. The number of rotatable bonds is 4. The van der Waals surface area contributed by atoms with Crippen molar-refractivity contribution in [2.45, 2.75) is 31.8 Å². The van der Waals surface area contributed by atoms with E-state index in [0.29, 0.717) is 6.04 Å². The van der Waals surface area contributed by atoms with Crippen LogP contribution in [0.15, 0.2) is 30.3 Å². The fraction of sp³-hybridized carbons (Fsp3) is 0.533. The first-order valence-corrected chi connectivity index (χ1v) is 6.88. The molecule has 1 unspecified atom stereocenters. The average molecular weight is 262 g/mol. The van der Waals surface area contributed by atoms with Crippen molar-refractivity contribution < 1.29 is 9.90 Å². The second-order valence-electron chi connectivity index (χ2n) is 5.09. The molecule has 2 N–H and O–H groups in total. The van der Waals surface area contributed by atoms with Crippen molar-refractivity contribution in [2.24, 2.45) is 0 Å². The monoisotopic (exact) mass is 262 g/mol. The molecule has 4 heteroatoms. The fourth-order valence-corrected chi connectivity index (χ4v) is 2.59. The van der Waals surface area contributed by atoms with E-state index in [2.05, 4.69) is 5.32 Å². The molecule has 1 amide bonds. The Hall–Kier alpha value is -1.39. The number of likely N-dealkylation sites (tertiary alicyclic amines) is 1. The topological polar surface area (TPSA) is 52.6 Å². The van der Waals surface area contributed by atoms with Gasteiger partial charge in [0.2, 0.25) is 5.91 Å². The zero-order chi connectivity index (χ0) is 13.7. The Labute approximate surface area is 114 Å². The highest BCUT2D eigenvalue weighted by atomic mass is 16.3. The molecular weight excluding hydrogens is 240 g/mol. The van der Waals surface area contributed by atoms with Gasteiger partial charge in [0.25, 0.3) is 0 Å². The molecule has 1 saturated heterocycles. The minimum atomic E-state index is -0.0184. The molecule has 0 spiro atoms. The minimum Gasteiger partial charge on any atom is -0.394 e. The first kappa shape index (κ1) is 14.0. The summed E-state index contributed by atoms with van der Waals surface area (Å²) in [6, 6.07) is 10.3. The van der Waals surface area contributed by atoms with Crippen LogP contribution in [0.1, 0.15) is 31.4 Å². The molecular formula is C15H22N2O2. The Morgan fingerprint density at radius 3 is 2.53 bits per heavy atom. The second kappa shape index (κ2) is 6.68. The van der Waals surface area contributed by atoms with E-state index in [4.69, 9.17) is 0 Å². The molecule has 0 aliphatic carbocycles. The lowest BCUT2D eigenvalue weighted by atomic mass is 10.0. The van der Waals surface area contributed by atoms with Crippen LogP contribution in [-0.4, -0.2) is 41.7 Å². The van der Waals surface area contributed by atoms with Gasteiger partial charge in [-0.25, -0.2) is 0 Å². The van der Waals surface area contributed by atoms with Gasteiger partial charge in [0.1, 0.15) is 0 Å². The van der Waals surface area contributed by atoms with Gasteiger partial charge in [-0.05, 0) is 18.4 Å². The second-order valence-corrected chi connectivity index (χ2v) is 5.09. The van der Waals surface area contributed by atoms with Crippen molar-refractivity contribution >= 4 is 5.91 Å². The summed E-state index contributed by atoms with van der Waals surface area (Å²) in [7, 11) is 0. The van der Waals surface area contributed by atoms with Crippen LogP contribution < -0.4 is 5.32 Å². The third-order valence-corrected chi connectivity index (χ3v) is 3.76. The molecule has 1 aromatic rings. The maximum atomic E-state index is 11.3. The standard InChI is InChI=1S/C15H22N2O2/c1-12(19)17-9-7-14(8-10-17)16-15(11-18)13-5-3-2-4-6-13/h2-6,14-16,18H,7-11H2,1H3. The fourth-order valence-electron chi connectivity index (χ4n) is 2.59. The normalized spacial score (nSPS) is 18.3. The van der Waals surface area contributed by atoms with Gasteiger partial charge in [-0.2, -0.15) is 0 Å². The van der Waals surface area contributed by atoms with Crippen LogP contribution >= 0.6 is 0 Å². The third kappa shape index (κ3) is 3.78. The number of carbonyl (C=O) groups is 1. The van der Waals surface area contributed by atoms with Crippen LogP contribution in [0.2, 0.25) is 0 Å². The Bertz CT molecular complexity index is 400. The van der Waals surface area contributed by atoms with E-state index in [0.717, 1.165) is 31.5 Å². The number of benzene rings is 1. The molecule has 0 radical (unpaired) electrons. The smallest absolute Gasteiger partial charge is 0.219 e. The lowest BCUT2D eigenvalue weighted by molar-refractivity contribution is -0.129. The Morgan fingerprint density at radius 1 is 1.37 bits per heavy atom. The number of nitrogens with one attached hydrogen (secondary N) is 1. The number of hydrogen-bond donors (Lipinski definition) is 2. The van der Waals surface area contributed by atoms with Crippen molar-refractivity contribution in [1.29, 1.82) is 0 Å². The number of carbonyl (C=O) groups excluding carboxylic acids is 1. The molecule has 1 aliphatic rings. The Morgan fingerprint density at radius 2 is 2.00 bits per heavy atom. The van der Waals surface area contributed by atoms with Gasteiger partial charge in [0.15, 0.2) is 0 Å². The third-order valence-electron chi connectivity index (χ3n) is 3.76. The van der Waals surface area contributed by atoms with Crippen molar-refractivity contribution in [3.05, 3.63) is 35.9 Å². The van der Waals surface area contributed by atoms with Crippen LogP contribution in [0.25, 0.3) is 0 Å². The van der Waals surface area contributed by atoms with Gasteiger partial charge >= 0.3 is 0 Å². The quantitative estimate of drug-likeness (QED) is 0.860. The van der Waals surface area contributed by atoms with E-state index >= 15 is 0 Å². The molecule has 0 saturated carbocycles. The maximum Gasteiger partial charge on any atom is 0.219 e. The van der Waals surface area contributed by atoms with Crippen molar-refractivity contribution in [3.8, 4) is 0 Å². The van der Waals surface area contributed by atoms with E-state index in [9.17, 15) is 9.90 Å². The van der Waals surface area contributed by atoms with Crippen LogP contribution in [0.5, 0.6) is 0 Å². The average Bonchev–Trinajstić information content (AvgIpc) is 2.46. The first-order valence-electron chi connectivity index (χ1n) is 6.88. The van der Waals surface area contributed by atoms with E-state index in [1.165, 1.54) is 0 Å². The summed E-state index contributed by atoms with van der Waals surface area (Å²) in [5, 5.41) is 13.0. The number of aliphatic hydroxyl groups is 1. The van der Waals surface area contributed by atoms with Gasteiger partial charge in [-0.1, -0.05) is 30.3 Å². The minimum absolute atomic E-state index is 0.0184. The molecule has 19 heavy (non-hydrogen) atoms. The molecule has 2 rings (SSSR count). The Balaban J connectivity index is 1.89. The predicted octanol–water partition coefficient (Wildman–Crippen LogP) is 1.32. The zero-order valence-electron chi connectivity index (χ0n) is 11.4. The highest BCUT2D eigenvalue weighted by molar-refractivity contribution is 5.73. The van der Waals surface area contributed by atoms with E-state index in [-0.39, 0.29) is 18.6 Å². The number of piperidine rings is 1. The SMILES string of the molecule is CC(=O)N1CCC(NC(CO)c2ccccc2)CC1. The lowest BCUT2D eigenvalue weighted by Gasteiger charge is -2.34. The molecule has 4 nitrogen and oxygen atoms in total. The number of hydrogen-bond acceptors (Lipinski definition) is 3. The number of aliphatic hydroxyl groups excluding tert-OH is 1. The predicted molar refractivity (Wildman–Crippen MR) is 74.7 cm³/mol. The summed E-state index contributed by atoms with van der Waals surface area (Å²) in [6.45, 7) is 3.32. The summed E-state index contributed by atoms with van der Waals surface area (Å²) < 4.78 is 0. The molecule has 1 fully saturated rings. The zero-order valence-corrected chi connectivity index (χ0v) is 11.4. The van der Waals surface area contributed by atoms with Gasteiger partial charge in [0.05, 0.1) is 12.6 Å². The molecule has 0 bridgehead atoms. The van der Waals surface area contributed by atoms with Crippen molar-refractivity contribution in [1.82, 2.24) is 10.2 Å². The summed E-state index contributed by atoms with van der Waals surface area (Å²) >= 11 is 0. The van der Waals surface area contributed by atoms with Crippen molar-refractivity contribution in [2.75, 3.05) is 19.7 Å². The maximum absolute atomic E-state index is 11.3. The molecule has 0 aromatic heterocycles. The Kier molecular flexibility index (Phi) is 4.93. The van der Waals surface area contributed by atoms with Crippen LogP contribution in [0.4, 0.5) is 0 Å². The van der Waals surface area contributed by atoms with Gasteiger partial charge in [0, 0.05) is 26.1 Å². The van der Waals surface area contributed by atoms with E-state index in [1.54, 1.807) is 6.92 Å². The van der Waals surface area contributed by atoms with Crippen LogP contribution in [0, 0.1) is 0 Å². The van der Waals surface area contributed by atoms with Crippen LogP contribution in [0.3, 0.4) is 0 Å². The number of nitrogens with zero attached hydrogens (tertiary/aromatic N) is 1. The number of amides is 1. The molecule has 1 heterocycles. The van der Waals surface area contributed by atoms with Gasteiger partial charge in [-0.15, -0.1) is 0 Å². The highest BCUT2D eigenvalue weighted by Gasteiger charge is 2.23. The first-order chi connectivity index (χ1) is 9.20. The summed E-state index contributed by atoms with van der Waals surface area (Å²) in [5.74, 6) is 0.153. The summed E-state index contributed by atoms with van der Waals surface area (Å²) in [5.41, 5.74) is 1.11. The van der Waals surface area contributed by atoms with E-state index in [1.807, 2.05) is 35.2 Å². The lowest BCUT2D eigenvalue weighted by Crippen LogP contribution is -2.45. The van der Waals surface area contributed by atoms with Crippen molar-refractivity contribution in [3.63, 3.8) is 0 Å². The summed E-state index contributed by atoms with van der Waals surface area (Å²) in [4.78, 5) is 13.2. The van der Waals surface area contributed by atoms with Crippen LogP contribution in [-0.2, 0) is 4.79 Å². The largest absolute Gasteiger partial charge is 0.394 e. The molecule has 104 valence electrons.